The number of aryl methyl sites for hydroxylation is 2. The molecule has 2 aliphatic rings. The van der Waals surface area contributed by atoms with Gasteiger partial charge in [0, 0.05) is 42.9 Å². The highest BCUT2D eigenvalue weighted by Gasteiger charge is 2.25. The highest BCUT2D eigenvalue weighted by molar-refractivity contribution is 7.19. The molecule has 3 aromatic rings. The Morgan fingerprint density at radius 2 is 2.03 bits per heavy atom. The van der Waals surface area contributed by atoms with E-state index in [1.807, 2.05) is 18.3 Å². The van der Waals surface area contributed by atoms with Crippen LogP contribution in [0.5, 0.6) is 0 Å². The number of β-amino-alcohol motifs (C(OH)–C–C–N with tert-alkyl or cyclic N) is 1. The second-order valence-corrected chi connectivity index (χ2v) is 9.74. The molecular formula is C23H30N6OS. The van der Waals surface area contributed by atoms with Crippen molar-refractivity contribution < 1.29 is 5.11 Å². The number of piperidine rings is 1. The number of aliphatic hydroxyl groups excluding tert-OH is 1. The van der Waals surface area contributed by atoms with Gasteiger partial charge in [0.25, 0.3) is 0 Å². The molecule has 8 heteroatoms. The number of aliphatic hydroxyl groups is 1. The summed E-state index contributed by atoms with van der Waals surface area (Å²) in [5.41, 5.74) is 2.16. The molecule has 7 nitrogen and oxygen atoms in total. The SMILES string of the molecule is CC[C@H](O)CN1CCC(Nc2nc(-c3cnccn3)nc3sc4c(c23)CCCC4)CC1. The number of nitrogens with one attached hydrogen (secondary N) is 1. The van der Waals surface area contributed by atoms with E-state index in [-0.39, 0.29) is 6.10 Å². The van der Waals surface area contributed by atoms with Crippen LogP contribution in [0.4, 0.5) is 5.82 Å². The zero-order valence-corrected chi connectivity index (χ0v) is 18.9. The molecule has 5 rings (SSSR count). The first-order valence-electron chi connectivity index (χ1n) is 11.5. The van der Waals surface area contributed by atoms with Crippen LogP contribution < -0.4 is 5.32 Å². The summed E-state index contributed by atoms with van der Waals surface area (Å²) in [4.78, 5) is 23.4. The van der Waals surface area contributed by atoms with Gasteiger partial charge in [-0.25, -0.2) is 15.0 Å². The summed E-state index contributed by atoms with van der Waals surface area (Å²) in [7, 11) is 0. The maximum absolute atomic E-state index is 9.97. The minimum absolute atomic E-state index is 0.224. The maximum Gasteiger partial charge on any atom is 0.183 e. The maximum atomic E-state index is 9.97. The highest BCUT2D eigenvalue weighted by Crippen LogP contribution is 2.40. The third-order valence-corrected chi connectivity index (χ3v) is 7.66. The van der Waals surface area contributed by atoms with Gasteiger partial charge >= 0.3 is 0 Å². The summed E-state index contributed by atoms with van der Waals surface area (Å²) < 4.78 is 0. The van der Waals surface area contributed by atoms with E-state index in [4.69, 9.17) is 9.97 Å². The number of anilines is 1. The van der Waals surface area contributed by atoms with Gasteiger partial charge in [-0.2, -0.15) is 0 Å². The number of hydrogen-bond acceptors (Lipinski definition) is 8. The number of likely N-dealkylation sites (tertiary alicyclic amines) is 1. The van der Waals surface area contributed by atoms with Crippen molar-refractivity contribution in [2.24, 2.45) is 0 Å². The van der Waals surface area contributed by atoms with Crippen molar-refractivity contribution in [2.45, 2.75) is 64.0 Å². The van der Waals surface area contributed by atoms with Crippen molar-refractivity contribution >= 4 is 27.4 Å². The number of thiophene rings is 1. The number of fused-ring (bicyclic) bond motifs is 3. The summed E-state index contributed by atoms with van der Waals surface area (Å²) in [6.45, 7) is 4.81. The first-order chi connectivity index (χ1) is 15.2. The first kappa shape index (κ1) is 20.7. The van der Waals surface area contributed by atoms with Crippen molar-refractivity contribution in [1.29, 1.82) is 0 Å². The molecule has 164 valence electrons. The van der Waals surface area contributed by atoms with E-state index in [1.54, 1.807) is 18.6 Å². The molecule has 4 heterocycles. The van der Waals surface area contributed by atoms with Crippen molar-refractivity contribution in [3.63, 3.8) is 0 Å². The average Bonchev–Trinajstić information content (AvgIpc) is 3.19. The molecule has 0 aromatic carbocycles. The minimum atomic E-state index is -0.224. The lowest BCUT2D eigenvalue weighted by Gasteiger charge is -2.33. The van der Waals surface area contributed by atoms with E-state index in [0.717, 1.165) is 62.4 Å². The van der Waals surface area contributed by atoms with Gasteiger partial charge < -0.3 is 15.3 Å². The lowest BCUT2D eigenvalue weighted by Crippen LogP contribution is -2.42. The molecule has 1 aliphatic carbocycles. The largest absolute Gasteiger partial charge is 0.392 e. The fourth-order valence-corrected chi connectivity index (χ4v) is 5.93. The van der Waals surface area contributed by atoms with E-state index in [0.29, 0.717) is 17.6 Å². The van der Waals surface area contributed by atoms with Gasteiger partial charge in [0.05, 0.1) is 17.7 Å². The van der Waals surface area contributed by atoms with E-state index in [2.05, 4.69) is 20.2 Å². The Bertz CT molecular complexity index is 1030. The van der Waals surface area contributed by atoms with E-state index in [9.17, 15) is 5.11 Å². The fourth-order valence-electron chi connectivity index (χ4n) is 4.67. The summed E-state index contributed by atoms with van der Waals surface area (Å²) in [5.74, 6) is 1.60. The molecule has 2 N–H and O–H groups in total. The minimum Gasteiger partial charge on any atom is -0.392 e. The zero-order chi connectivity index (χ0) is 21.2. The summed E-state index contributed by atoms with van der Waals surface area (Å²) in [6, 6.07) is 0.377. The molecule has 1 saturated heterocycles. The molecule has 1 fully saturated rings. The van der Waals surface area contributed by atoms with Crippen LogP contribution in [0.2, 0.25) is 0 Å². The van der Waals surface area contributed by atoms with Gasteiger partial charge in [-0.15, -0.1) is 11.3 Å². The Labute approximate surface area is 187 Å². The molecule has 1 atom stereocenters. The average molecular weight is 439 g/mol. The molecule has 0 unspecified atom stereocenters. The van der Waals surface area contributed by atoms with Gasteiger partial charge in [0.2, 0.25) is 0 Å². The summed E-state index contributed by atoms with van der Waals surface area (Å²) in [5, 5.41) is 15.0. The smallest absolute Gasteiger partial charge is 0.183 e. The molecular weight excluding hydrogens is 408 g/mol. The lowest BCUT2D eigenvalue weighted by molar-refractivity contribution is 0.0962. The Morgan fingerprint density at radius 1 is 1.19 bits per heavy atom. The lowest BCUT2D eigenvalue weighted by atomic mass is 9.96. The number of rotatable bonds is 6. The predicted molar refractivity (Wildman–Crippen MR) is 124 cm³/mol. The van der Waals surface area contributed by atoms with Gasteiger partial charge in [0.15, 0.2) is 5.82 Å². The number of hydrogen-bond donors (Lipinski definition) is 2. The monoisotopic (exact) mass is 438 g/mol. The molecule has 3 aromatic heterocycles. The summed E-state index contributed by atoms with van der Waals surface area (Å²) in [6.07, 6.45) is 12.5. The Morgan fingerprint density at radius 3 is 2.81 bits per heavy atom. The van der Waals surface area contributed by atoms with E-state index in [1.165, 1.54) is 28.7 Å². The van der Waals surface area contributed by atoms with Gasteiger partial charge in [0.1, 0.15) is 16.3 Å². The predicted octanol–water partition coefficient (Wildman–Crippen LogP) is 3.67. The van der Waals surface area contributed by atoms with E-state index >= 15 is 0 Å². The van der Waals surface area contributed by atoms with Gasteiger partial charge in [-0.1, -0.05) is 6.92 Å². The van der Waals surface area contributed by atoms with Crippen LogP contribution in [0.25, 0.3) is 21.7 Å². The highest BCUT2D eigenvalue weighted by atomic mass is 32.1. The van der Waals surface area contributed by atoms with Crippen LogP contribution in [0, 0.1) is 0 Å². The molecule has 31 heavy (non-hydrogen) atoms. The molecule has 0 spiro atoms. The molecule has 0 bridgehead atoms. The number of aromatic nitrogens is 4. The normalized spacial score (nSPS) is 18.8. The second-order valence-electron chi connectivity index (χ2n) is 8.66. The Kier molecular flexibility index (Phi) is 6.11. The third kappa shape index (κ3) is 4.42. The topological polar surface area (TPSA) is 87.1 Å². The third-order valence-electron chi connectivity index (χ3n) is 6.48. The second kappa shape index (κ2) is 9.14. The standard InChI is InChI=1S/C23H30N6OS/c1-2-16(30)14-29-11-7-15(8-12-29)26-22-20-17-5-3-4-6-19(17)31-23(20)28-21(27-22)18-13-24-9-10-25-18/h9-10,13,15-16,30H,2-8,11-12,14H2,1H3,(H,26,27,28)/t16-/m0/s1. The van der Waals surface area contributed by atoms with Crippen molar-refractivity contribution in [3.05, 3.63) is 29.0 Å². The van der Waals surface area contributed by atoms with Gasteiger partial charge in [-0.05, 0) is 50.5 Å². The molecule has 0 radical (unpaired) electrons. The van der Waals surface area contributed by atoms with Crippen LogP contribution >= 0.6 is 11.3 Å². The van der Waals surface area contributed by atoms with Crippen LogP contribution in [0.15, 0.2) is 18.6 Å². The summed E-state index contributed by atoms with van der Waals surface area (Å²) >= 11 is 1.82. The Hall–Kier alpha value is -2.16. The van der Waals surface area contributed by atoms with Crippen molar-refractivity contribution in [3.8, 4) is 11.5 Å². The van der Waals surface area contributed by atoms with E-state index < -0.39 is 0 Å². The van der Waals surface area contributed by atoms with Crippen molar-refractivity contribution in [1.82, 2.24) is 24.8 Å². The molecule has 0 saturated carbocycles. The van der Waals surface area contributed by atoms with Crippen LogP contribution in [-0.4, -0.2) is 61.7 Å². The Balaban J connectivity index is 1.43. The van der Waals surface area contributed by atoms with Crippen molar-refractivity contribution in [2.75, 3.05) is 25.0 Å². The van der Waals surface area contributed by atoms with Gasteiger partial charge in [-0.3, -0.25) is 4.98 Å². The fraction of sp³-hybridized carbons (Fsp3) is 0.565. The van der Waals surface area contributed by atoms with Crippen LogP contribution in [0.3, 0.4) is 0 Å². The zero-order valence-electron chi connectivity index (χ0n) is 18.0. The molecule has 1 aliphatic heterocycles. The quantitative estimate of drug-likeness (QED) is 0.607. The van der Waals surface area contributed by atoms with Crippen LogP contribution in [-0.2, 0) is 12.8 Å². The first-order valence-corrected chi connectivity index (χ1v) is 12.3. The number of nitrogens with zero attached hydrogens (tertiary/aromatic N) is 5. The molecule has 0 amide bonds. The van der Waals surface area contributed by atoms with Crippen LogP contribution in [0.1, 0.15) is 49.5 Å².